The molecular weight excluding hydrogens is 380 g/mol. The number of ether oxygens (including phenoxy) is 1. The average molecular weight is 415 g/mol. The van der Waals surface area contributed by atoms with Crippen LogP contribution in [0.1, 0.15) is 101 Å². The zero-order valence-corrected chi connectivity index (χ0v) is 17.7. The molecule has 29 heavy (non-hydrogen) atoms. The second-order valence-electron chi connectivity index (χ2n) is 8.97. The third-order valence-electron chi connectivity index (χ3n) is 6.85. The fourth-order valence-electron chi connectivity index (χ4n) is 5.26. The molecule has 2 saturated carbocycles. The lowest BCUT2D eigenvalue weighted by Crippen LogP contribution is -2.38. The number of rotatable bonds is 7. The van der Waals surface area contributed by atoms with E-state index in [-0.39, 0.29) is 17.9 Å². The van der Waals surface area contributed by atoms with Gasteiger partial charge in [-0.25, -0.2) is 17.6 Å². The van der Waals surface area contributed by atoms with E-state index in [2.05, 4.69) is 6.92 Å². The summed E-state index contributed by atoms with van der Waals surface area (Å²) in [5, 5.41) is 0. The molecule has 1 aromatic rings. The van der Waals surface area contributed by atoms with Crippen LogP contribution >= 0.6 is 0 Å². The Hall–Kier alpha value is -1.10. The fraction of sp³-hybridized carbons (Fsp3) is 0.750. The summed E-state index contributed by atoms with van der Waals surface area (Å²) >= 11 is 0. The van der Waals surface area contributed by atoms with Crippen LogP contribution in [-0.4, -0.2) is 18.6 Å². The summed E-state index contributed by atoms with van der Waals surface area (Å²) in [7, 11) is 0. The molecule has 0 radical (unpaired) electrons. The Morgan fingerprint density at radius 3 is 2.17 bits per heavy atom. The van der Waals surface area contributed by atoms with Crippen LogP contribution < -0.4 is 0 Å². The Labute approximate surface area is 172 Å². The van der Waals surface area contributed by atoms with Gasteiger partial charge in [0.25, 0.3) is 5.92 Å². The Morgan fingerprint density at radius 1 is 0.897 bits per heavy atom. The van der Waals surface area contributed by atoms with Gasteiger partial charge in [-0.2, -0.15) is 0 Å². The first-order valence-corrected chi connectivity index (χ1v) is 11.3. The van der Waals surface area contributed by atoms with E-state index >= 15 is 0 Å². The largest absolute Gasteiger partial charge is 0.378 e. The smallest absolute Gasteiger partial charge is 0.257 e. The molecule has 0 amide bonds. The molecule has 2 aliphatic carbocycles. The quantitative estimate of drug-likeness (QED) is 0.415. The first kappa shape index (κ1) is 22.6. The number of hydrogen-bond acceptors (Lipinski definition) is 1. The molecule has 1 nitrogen and oxygen atoms in total. The summed E-state index contributed by atoms with van der Waals surface area (Å²) < 4.78 is 64.8. The molecule has 164 valence electrons. The monoisotopic (exact) mass is 414 g/mol. The maximum atomic E-state index is 14.9. The molecule has 0 aliphatic heterocycles. The fourth-order valence-corrected chi connectivity index (χ4v) is 5.26. The van der Waals surface area contributed by atoms with E-state index < -0.39 is 36.0 Å². The van der Waals surface area contributed by atoms with Gasteiger partial charge in [-0.05, 0) is 67.9 Å². The van der Waals surface area contributed by atoms with Gasteiger partial charge >= 0.3 is 0 Å². The molecule has 2 aliphatic rings. The Morgan fingerprint density at radius 2 is 1.55 bits per heavy atom. The van der Waals surface area contributed by atoms with Crippen molar-refractivity contribution in [1.29, 1.82) is 0 Å². The molecule has 3 rings (SSSR count). The van der Waals surface area contributed by atoms with Crippen LogP contribution in [0.2, 0.25) is 0 Å². The topological polar surface area (TPSA) is 9.23 Å². The summed E-state index contributed by atoms with van der Waals surface area (Å²) in [6.45, 7) is 4.54. The van der Waals surface area contributed by atoms with E-state index in [0.29, 0.717) is 24.5 Å². The predicted molar refractivity (Wildman–Crippen MR) is 108 cm³/mol. The van der Waals surface area contributed by atoms with Crippen LogP contribution in [-0.2, 0) is 4.74 Å². The first-order chi connectivity index (χ1) is 13.9. The maximum absolute atomic E-state index is 14.9. The van der Waals surface area contributed by atoms with Gasteiger partial charge in [0.2, 0.25) is 0 Å². The predicted octanol–water partition coefficient (Wildman–Crippen LogP) is 7.74. The van der Waals surface area contributed by atoms with Gasteiger partial charge in [0.1, 0.15) is 0 Å². The maximum Gasteiger partial charge on any atom is 0.257 e. The van der Waals surface area contributed by atoms with Gasteiger partial charge < -0.3 is 4.74 Å². The number of alkyl halides is 2. The van der Waals surface area contributed by atoms with Crippen LogP contribution in [0.15, 0.2) is 12.1 Å². The zero-order chi connectivity index (χ0) is 21.0. The molecule has 0 N–H and O–H groups in total. The van der Waals surface area contributed by atoms with E-state index in [9.17, 15) is 17.6 Å². The lowest BCUT2D eigenvalue weighted by Gasteiger charge is -2.36. The summed E-state index contributed by atoms with van der Waals surface area (Å²) in [6, 6.07) is 2.98. The van der Waals surface area contributed by atoms with Crippen molar-refractivity contribution >= 4 is 0 Å². The molecule has 0 aromatic heterocycles. The lowest BCUT2D eigenvalue weighted by molar-refractivity contribution is -0.112. The van der Waals surface area contributed by atoms with E-state index in [1.165, 1.54) is 12.5 Å². The summed E-state index contributed by atoms with van der Waals surface area (Å²) in [6.07, 6.45) is 6.47. The first-order valence-electron chi connectivity index (χ1n) is 11.3. The molecule has 0 spiro atoms. The average Bonchev–Trinajstić information content (AvgIpc) is 2.69. The van der Waals surface area contributed by atoms with E-state index in [1.54, 1.807) is 6.07 Å². The molecule has 0 bridgehead atoms. The molecule has 2 fully saturated rings. The Bertz CT molecular complexity index is 667. The van der Waals surface area contributed by atoms with Crippen LogP contribution in [0.25, 0.3) is 0 Å². The van der Waals surface area contributed by atoms with Gasteiger partial charge in [-0.1, -0.05) is 38.8 Å². The van der Waals surface area contributed by atoms with E-state index in [4.69, 9.17) is 4.74 Å². The van der Waals surface area contributed by atoms with Crippen LogP contribution in [0.3, 0.4) is 0 Å². The second kappa shape index (κ2) is 9.80. The van der Waals surface area contributed by atoms with Crippen LogP contribution in [0.4, 0.5) is 17.6 Å². The highest BCUT2D eigenvalue weighted by atomic mass is 19.3. The molecule has 1 aromatic carbocycles. The van der Waals surface area contributed by atoms with Crippen molar-refractivity contribution in [3.63, 3.8) is 0 Å². The van der Waals surface area contributed by atoms with Crippen LogP contribution in [0, 0.1) is 17.6 Å². The number of benzene rings is 1. The normalized spacial score (nSPS) is 29.7. The van der Waals surface area contributed by atoms with Gasteiger partial charge in [-0.3, -0.25) is 0 Å². The highest BCUT2D eigenvalue weighted by Gasteiger charge is 2.47. The Kier molecular flexibility index (Phi) is 7.63. The SMILES string of the molecule is CCCOC1CCC(c2ccc(C3CCC(CCC)CC3)c(F)c2F)C(F)(F)C1. The third kappa shape index (κ3) is 5.15. The summed E-state index contributed by atoms with van der Waals surface area (Å²) in [5.74, 6) is -5.70. The van der Waals surface area contributed by atoms with Crippen LogP contribution in [0.5, 0.6) is 0 Å². The Balaban J connectivity index is 1.73. The minimum atomic E-state index is -3.09. The number of halogens is 4. The number of hydrogen-bond donors (Lipinski definition) is 0. The molecule has 2 atom stereocenters. The van der Waals surface area contributed by atoms with Crippen molar-refractivity contribution in [2.24, 2.45) is 5.92 Å². The second-order valence-corrected chi connectivity index (χ2v) is 8.97. The van der Waals surface area contributed by atoms with Crippen molar-refractivity contribution in [2.75, 3.05) is 6.61 Å². The molecule has 5 heteroatoms. The van der Waals surface area contributed by atoms with Crippen molar-refractivity contribution in [3.8, 4) is 0 Å². The molecule has 0 heterocycles. The van der Waals surface area contributed by atoms with Gasteiger partial charge in [0.15, 0.2) is 11.6 Å². The van der Waals surface area contributed by atoms with Gasteiger partial charge in [-0.15, -0.1) is 0 Å². The molecule has 2 unspecified atom stereocenters. The van der Waals surface area contributed by atoms with Gasteiger partial charge in [0.05, 0.1) is 12.0 Å². The third-order valence-corrected chi connectivity index (χ3v) is 6.85. The summed E-state index contributed by atoms with van der Waals surface area (Å²) in [4.78, 5) is 0. The zero-order valence-electron chi connectivity index (χ0n) is 17.7. The van der Waals surface area contributed by atoms with Gasteiger partial charge in [0, 0.05) is 13.0 Å². The standard InChI is InChI=1S/C24H34F4O/c1-3-5-16-6-8-17(9-7-16)19-11-12-20(23(26)22(19)25)21-13-10-18(29-14-4-2)15-24(21,27)28/h11-12,16-18,21H,3-10,13-15H2,1-2H3. The van der Waals surface area contributed by atoms with E-state index in [0.717, 1.165) is 38.5 Å². The van der Waals surface area contributed by atoms with E-state index in [1.807, 2.05) is 6.92 Å². The van der Waals surface area contributed by atoms with Crippen molar-refractivity contribution in [1.82, 2.24) is 0 Å². The summed E-state index contributed by atoms with van der Waals surface area (Å²) in [5.41, 5.74) is 0.189. The highest BCUT2D eigenvalue weighted by Crippen LogP contribution is 2.47. The van der Waals surface area contributed by atoms with Crippen molar-refractivity contribution in [3.05, 3.63) is 34.9 Å². The highest BCUT2D eigenvalue weighted by molar-refractivity contribution is 5.33. The molecule has 0 saturated heterocycles. The van der Waals surface area contributed by atoms with Crippen molar-refractivity contribution < 1.29 is 22.3 Å². The molecular formula is C24H34F4O. The lowest BCUT2D eigenvalue weighted by atomic mass is 9.75. The van der Waals surface area contributed by atoms with Crippen molar-refractivity contribution in [2.45, 2.75) is 102 Å². The minimum absolute atomic E-state index is 0.00894. The minimum Gasteiger partial charge on any atom is -0.378 e.